The summed E-state index contributed by atoms with van der Waals surface area (Å²) in [5, 5.41) is 7.71. The second-order valence-corrected chi connectivity index (χ2v) is 21.2. The molecular weight excluding hydrogens is 1240 g/mol. The molecule has 9 heteroatoms. The first kappa shape index (κ1) is 90.8. The molecule has 14 rings (SSSR count). The molecule has 0 bridgehead atoms. The molecule has 0 unspecified atom stereocenters. The summed E-state index contributed by atoms with van der Waals surface area (Å²) in [5.41, 5.74) is 19.1. The van der Waals surface area contributed by atoms with Gasteiger partial charge >= 0.3 is 0 Å². The molecule has 536 valence electrons. The zero-order valence-electron chi connectivity index (χ0n) is 67.7. The second kappa shape index (κ2) is 51.0. The van der Waals surface area contributed by atoms with Crippen LogP contribution in [0.15, 0.2) is 224 Å². The van der Waals surface area contributed by atoms with Crippen LogP contribution in [-0.4, -0.2) is 14.5 Å². The highest BCUT2D eigenvalue weighted by molar-refractivity contribution is 7.25. The maximum absolute atomic E-state index is 5.95. The molecule has 0 N–H and O–H groups in total. The number of para-hydroxylation sites is 2. The van der Waals surface area contributed by atoms with Gasteiger partial charge in [0.05, 0.1) is 0 Å². The Balaban J connectivity index is 0.00000120. The Labute approximate surface area is 610 Å². The SMILES string of the molecule is CC.CC.CC.CC.CC.CC.CC.CC.CC.CC.CC.Cc1cc2c(cc1-c1cccc[n+]1C)c1ccccc1n2C.Cc1cc2oc3ccccc3c2cc1-c1cccc[n+]1C.Cc1cc2sc3ccccc3c2cc1-c1cccc[n+]1C.Cc1cncnc1-c1cccc[n+]1C. The lowest BCUT2D eigenvalue weighted by Crippen LogP contribution is -2.30. The molecular formula is C91H129N7OS+4. The Morgan fingerprint density at radius 3 is 1.17 bits per heavy atom. The van der Waals surface area contributed by atoms with Crippen molar-refractivity contribution in [2.45, 2.75) is 180 Å². The molecule has 0 spiro atoms. The van der Waals surface area contributed by atoms with Crippen molar-refractivity contribution < 1.29 is 22.7 Å². The van der Waals surface area contributed by atoms with Crippen LogP contribution in [0.1, 0.15) is 175 Å². The molecule has 0 aliphatic carbocycles. The Bertz CT molecular complexity index is 4330. The monoisotopic (exact) mass is 1370 g/mol. The average molecular weight is 1370 g/mol. The number of rotatable bonds is 4. The van der Waals surface area contributed by atoms with Crippen LogP contribution in [0.3, 0.4) is 0 Å². The second-order valence-electron chi connectivity index (χ2n) is 20.1. The van der Waals surface area contributed by atoms with Gasteiger partial charge in [-0.2, -0.15) is 4.57 Å². The van der Waals surface area contributed by atoms with Gasteiger partial charge in [-0.15, -0.1) is 11.3 Å². The smallest absolute Gasteiger partial charge is 0.231 e. The van der Waals surface area contributed by atoms with Crippen molar-refractivity contribution in [3.63, 3.8) is 0 Å². The first-order chi connectivity index (χ1) is 48.9. The summed E-state index contributed by atoms with van der Waals surface area (Å²) in [5.74, 6) is 0. The number of hydrogen-bond donors (Lipinski definition) is 0. The summed E-state index contributed by atoms with van der Waals surface area (Å²) >= 11 is 1.88. The predicted molar refractivity (Wildman–Crippen MR) is 446 cm³/mol. The van der Waals surface area contributed by atoms with Crippen molar-refractivity contribution in [2.24, 2.45) is 35.2 Å². The van der Waals surface area contributed by atoms with Crippen LogP contribution in [0, 0.1) is 27.7 Å². The van der Waals surface area contributed by atoms with Gasteiger partial charge in [0, 0.05) is 131 Å². The lowest BCUT2D eigenvalue weighted by atomic mass is 10.0. The highest BCUT2D eigenvalue weighted by Gasteiger charge is 2.19. The number of hydrogen-bond acceptors (Lipinski definition) is 4. The number of benzene rings is 6. The number of aromatic nitrogens is 7. The summed E-state index contributed by atoms with van der Waals surface area (Å²) in [6.07, 6.45) is 11.7. The maximum atomic E-state index is 5.95. The third-order valence-electron chi connectivity index (χ3n) is 14.9. The third kappa shape index (κ3) is 23.5. The van der Waals surface area contributed by atoms with Crippen LogP contribution >= 0.6 is 11.3 Å². The lowest BCUT2D eigenvalue weighted by molar-refractivity contribution is -0.660. The topological polar surface area (TPSA) is 59.4 Å². The Morgan fingerprint density at radius 1 is 0.320 bits per heavy atom. The highest BCUT2D eigenvalue weighted by atomic mass is 32.1. The van der Waals surface area contributed by atoms with Crippen LogP contribution in [0.25, 0.3) is 109 Å². The Morgan fingerprint density at radius 2 is 0.700 bits per heavy atom. The number of fused-ring (bicyclic) bond motifs is 9. The van der Waals surface area contributed by atoms with Gasteiger partial charge in [0.1, 0.15) is 51.4 Å². The van der Waals surface area contributed by atoms with Crippen molar-refractivity contribution in [2.75, 3.05) is 0 Å². The molecule has 8 nitrogen and oxygen atoms in total. The van der Waals surface area contributed by atoms with Crippen molar-refractivity contribution in [1.82, 2.24) is 14.5 Å². The minimum atomic E-state index is 0.946. The van der Waals surface area contributed by atoms with Gasteiger partial charge in [-0.05, 0) is 129 Å². The van der Waals surface area contributed by atoms with Gasteiger partial charge in [-0.3, -0.25) is 0 Å². The van der Waals surface area contributed by atoms with E-state index in [1.165, 1.54) is 103 Å². The molecule has 8 aromatic heterocycles. The van der Waals surface area contributed by atoms with E-state index < -0.39 is 0 Å². The van der Waals surface area contributed by atoms with Gasteiger partial charge in [0.15, 0.2) is 24.8 Å². The molecule has 0 fully saturated rings. The molecule has 0 amide bonds. The number of thiophene rings is 1. The quantitative estimate of drug-likeness (QED) is 0.165. The maximum Gasteiger partial charge on any atom is 0.231 e. The van der Waals surface area contributed by atoms with Gasteiger partial charge in [0.2, 0.25) is 22.8 Å². The molecule has 8 heterocycles. The number of nitrogens with zero attached hydrogens (tertiary/aromatic N) is 7. The molecule has 0 aliphatic rings. The molecule has 0 atom stereocenters. The van der Waals surface area contributed by atoms with Crippen molar-refractivity contribution in [3.8, 4) is 45.2 Å². The summed E-state index contributed by atoms with van der Waals surface area (Å²) in [6, 6.07) is 64.2. The van der Waals surface area contributed by atoms with E-state index in [0.29, 0.717) is 0 Å². The third-order valence-corrected chi connectivity index (χ3v) is 16.0. The number of furan rings is 1. The van der Waals surface area contributed by atoms with Crippen molar-refractivity contribution in [1.29, 1.82) is 0 Å². The summed E-state index contributed by atoms with van der Waals surface area (Å²) in [6.45, 7) is 52.5. The minimum absolute atomic E-state index is 0.946. The molecule has 6 aromatic carbocycles. The molecule has 0 saturated carbocycles. The molecule has 0 radical (unpaired) electrons. The molecule has 0 aliphatic heterocycles. The zero-order valence-corrected chi connectivity index (χ0v) is 68.5. The van der Waals surface area contributed by atoms with E-state index >= 15 is 0 Å². The van der Waals surface area contributed by atoms with Gasteiger partial charge in [-0.25, -0.2) is 23.7 Å². The van der Waals surface area contributed by atoms with Crippen LogP contribution in [0.5, 0.6) is 0 Å². The fraction of sp³-hybridized carbons (Fsp3) is 0.341. The number of aryl methyl sites for hydroxylation is 9. The summed E-state index contributed by atoms with van der Waals surface area (Å²) < 4.78 is 19.5. The molecule has 100 heavy (non-hydrogen) atoms. The zero-order chi connectivity index (χ0) is 76.0. The van der Waals surface area contributed by atoms with Crippen molar-refractivity contribution in [3.05, 3.63) is 242 Å². The first-order valence-electron chi connectivity index (χ1n) is 37.3. The van der Waals surface area contributed by atoms with E-state index in [4.69, 9.17) is 4.42 Å². The van der Waals surface area contributed by atoms with Gasteiger partial charge < -0.3 is 8.98 Å². The first-order valence-corrected chi connectivity index (χ1v) is 38.1. The number of pyridine rings is 4. The fourth-order valence-electron chi connectivity index (χ4n) is 10.7. The van der Waals surface area contributed by atoms with E-state index in [0.717, 1.165) is 28.1 Å². The van der Waals surface area contributed by atoms with E-state index in [-0.39, 0.29) is 0 Å². The molecule has 0 saturated heterocycles. The summed E-state index contributed by atoms with van der Waals surface area (Å²) in [7, 11) is 10.4. The predicted octanol–water partition coefficient (Wildman–Crippen LogP) is 25.9. The van der Waals surface area contributed by atoms with Crippen LogP contribution in [0.4, 0.5) is 0 Å². The van der Waals surface area contributed by atoms with E-state index in [2.05, 4.69) is 252 Å². The van der Waals surface area contributed by atoms with Crippen LogP contribution in [0.2, 0.25) is 0 Å². The largest absolute Gasteiger partial charge is 0.456 e. The van der Waals surface area contributed by atoms with Gasteiger partial charge in [0.25, 0.3) is 0 Å². The highest BCUT2D eigenvalue weighted by Crippen LogP contribution is 2.38. The Kier molecular flexibility index (Phi) is 46.4. The normalized spacial score (nSPS) is 9.35. The standard InChI is InChI=1S/C20H19N2.C19H16NO.C19H16NS.C11H12N3.11C2H6/c1-14-12-20-17(15-8-4-5-10-19(15)22(20)3)13-16(14)18-9-6-7-11-21(18)2;2*1-13-11-19-16(14-7-3-4-9-18(14)21-19)12-15(13)17-8-5-6-10-20(17)2;1-9-7-12-8-13-11(9)10-5-3-4-6-14(10)2;11*1-2/h4-13H,1-3H3;2*3-12H,1-2H3;3-8H,1-2H3;11*1-2H3/q4*+1;;;;;;;;;;;. The van der Waals surface area contributed by atoms with Crippen LogP contribution in [-0.2, 0) is 35.2 Å². The van der Waals surface area contributed by atoms with E-state index in [1.807, 2.05) is 220 Å². The summed E-state index contributed by atoms with van der Waals surface area (Å²) in [4.78, 5) is 8.26. The fourth-order valence-corrected chi connectivity index (χ4v) is 11.9. The average Bonchev–Trinajstić information content (AvgIpc) is 1.61. The van der Waals surface area contributed by atoms with Gasteiger partial charge in [-0.1, -0.05) is 207 Å². The van der Waals surface area contributed by atoms with Crippen molar-refractivity contribution >= 4 is 75.3 Å². The van der Waals surface area contributed by atoms with E-state index in [9.17, 15) is 0 Å². The van der Waals surface area contributed by atoms with E-state index in [1.54, 1.807) is 6.33 Å². The minimum Gasteiger partial charge on any atom is -0.456 e. The lowest BCUT2D eigenvalue weighted by Gasteiger charge is -2.06. The molecule has 14 aromatic rings. The van der Waals surface area contributed by atoms with Crippen LogP contribution < -0.4 is 18.3 Å². The Hall–Kier alpha value is -9.18.